The fourth-order valence-corrected chi connectivity index (χ4v) is 1.72. The van der Waals surface area contributed by atoms with Crippen LogP contribution < -0.4 is 4.74 Å². The van der Waals surface area contributed by atoms with E-state index in [9.17, 15) is 22.4 Å². The van der Waals surface area contributed by atoms with Crippen molar-refractivity contribution >= 4 is 5.97 Å². The van der Waals surface area contributed by atoms with E-state index in [1.807, 2.05) is 0 Å². The number of carbonyl (C=O) groups excluding carboxylic acids is 1. The molecule has 116 valence electrons. The Morgan fingerprint density at radius 1 is 1.05 bits per heavy atom. The minimum Gasteiger partial charge on any atom is -0.457 e. The first-order valence-electron chi connectivity index (χ1n) is 6.13. The van der Waals surface area contributed by atoms with E-state index in [-0.39, 0.29) is 16.9 Å². The number of benzene rings is 2. The van der Waals surface area contributed by atoms with Crippen LogP contribution >= 0.6 is 0 Å². The maximum atomic E-state index is 13.4. The predicted octanol–water partition coefficient (Wildman–Crippen LogP) is 3.92. The minimum atomic E-state index is -3.10. The van der Waals surface area contributed by atoms with Crippen LogP contribution in [0.25, 0.3) is 0 Å². The van der Waals surface area contributed by atoms with Crippen molar-refractivity contribution < 1.29 is 31.8 Å². The lowest BCUT2D eigenvalue weighted by molar-refractivity contribution is -0.0505. The zero-order chi connectivity index (χ0) is 16.1. The van der Waals surface area contributed by atoms with E-state index in [0.29, 0.717) is 0 Å². The second-order valence-corrected chi connectivity index (χ2v) is 4.16. The average Bonchev–Trinajstić information content (AvgIpc) is 2.48. The SMILES string of the molecule is O=C(OCc1cccc(F)c1F)c1ccccc1OC(F)F. The smallest absolute Gasteiger partial charge is 0.387 e. The van der Waals surface area contributed by atoms with Crippen LogP contribution in [0.3, 0.4) is 0 Å². The fraction of sp³-hybridized carbons (Fsp3) is 0.133. The van der Waals surface area contributed by atoms with Gasteiger partial charge in [-0.05, 0) is 18.2 Å². The summed E-state index contributed by atoms with van der Waals surface area (Å²) < 4.78 is 59.9. The highest BCUT2D eigenvalue weighted by atomic mass is 19.3. The van der Waals surface area contributed by atoms with Gasteiger partial charge in [0.15, 0.2) is 11.6 Å². The van der Waals surface area contributed by atoms with Gasteiger partial charge in [-0.15, -0.1) is 0 Å². The molecule has 2 rings (SSSR count). The molecule has 0 spiro atoms. The molecule has 0 N–H and O–H groups in total. The van der Waals surface area contributed by atoms with Crippen LogP contribution in [-0.4, -0.2) is 12.6 Å². The van der Waals surface area contributed by atoms with Crippen molar-refractivity contribution in [2.45, 2.75) is 13.2 Å². The maximum Gasteiger partial charge on any atom is 0.387 e. The fourth-order valence-electron chi connectivity index (χ4n) is 1.72. The first-order valence-corrected chi connectivity index (χ1v) is 6.13. The molecule has 0 radical (unpaired) electrons. The lowest BCUT2D eigenvalue weighted by atomic mass is 10.2. The van der Waals surface area contributed by atoms with Crippen molar-refractivity contribution in [3.8, 4) is 5.75 Å². The maximum absolute atomic E-state index is 13.4. The molecule has 0 unspecified atom stereocenters. The molecule has 0 atom stereocenters. The molecule has 0 aliphatic carbocycles. The molecule has 2 aromatic rings. The molecule has 22 heavy (non-hydrogen) atoms. The number of para-hydroxylation sites is 1. The Morgan fingerprint density at radius 2 is 1.77 bits per heavy atom. The van der Waals surface area contributed by atoms with Gasteiger partial charge in [0.2, 0.25) is 0 Å². The molecule has 0 saturated carbocycles. The van der Waals surface area contributed by atoms with E-state index in [1.54, 1.807) is 0 Å². The summed E-state index contributed by atoms with van der Waals surface area (Å²) in [6.07, 6.45) is 0. The third kappa shape index (κ3) is 3.75. The first-order chi connectivity index (χ1) is 10.5. The Balaban J connectivity index is 2.11. The quantitative estimate of drug-likeness (QED) is 0.620. The Labute approximate surface area is 123 Å². The number of hydrogen-bond acceptors (Lipinski definition) is 3. The van der Waals surface area contributed by atoms with Gasteiger partial charge in [-0.2, -0.15) is 8.78 Å². The summed E-state index contributed by atoms with van der Waals surface area (Å²) in [5.41, 5.74) is -0.403. The van der Waals surface area contributed by atoms with Gasteiger partial charge in [-0.25, -0.2) is 13.6 Å². The third-order valence-corrected chi connectivity index (χ3v) is 2.71. The normalized spacial score (nSPS) is 10.6. The number of esters is 1. The van der Waals surface area contributed by atoms with E-state index in [2.05, 4.69) is 4.74 Å². The third-order valence-electron chi connectivity index (χ3n) is 2.71. The summed E-state index contributed by atoms with van der Waals surface area (Å²) in [7, 11) is 0. The van der Waals surface area contributed by atoms with Crippen LogP contribution in [0.5, 0.6) is 5.75 Å². The van der Waals surface area contributed by atoms with E-state index in [0.717, 1.165) is 6.07 Å². The van der Waals surface area contributed by atoms with Crippen LogP contribution in [0.2, 0.25) is 0 Å². The van der Waals surface area contributed by atoms with Gasteiger partial charge in [0.25, 0.3) is 0 Å². The molecule has 0 bridgehead atoms. The second kappa shape index (κ2) is 6.93. The van der Waals surface area contributed by atoms with Crippen molar-refractivity contribution in [3.05, 3.63) is 65.2 Å². The largest absolute Gasteiger partial charge is 0.457 e. The van der Waals surface area contributed by atoms with Crippen LogP contribution in [0.15, 0.2) is 42.5 Å². The summed E-state index contributed by atoms with van der Waals surface area (Å²) >= 11 is 0. The molecule has 7 heteroatoms. The second-order valence-electron chi connectivity index (χ2n) is 4.16. The van der Waals surface area contributed by atoms with E-state index < -0.39 is 30.8 Å². The van der Waals surface area contributed by atoms with Crippen LogP contribution in [0.1, 0.15) is 15.9 Å². The molecular formula is C15H10F4O3. The summed E-state index contributed by atoms with van der Waals surface area (Å²) in [6.45, 7) is -3.64. The van der Waals surface area contributed by atoms with Crippen LogP contribution in [0, 0.1) is 11.6 Å². The van der Waals surface area contributed by atoms with Crippen LogP contribution in [-0.2, 0) is 11.3 Å². The standard InChI is InChI=1S/C15H10F4O3/c16-11-6-3-4-9(13(11)17)8-21-14(20)10-5-1-2-7-12(10)22-15(18)19/h1-7,15H,8H2. The highest BCUT2D eigenvalue weighted by molar-refractivity contribution is 5.92. The summed E-state index contributed by atoms with van der Waals surface area (Å²) in [5.74, 6) is -3.55. The van der Waals surface area contributed by atoms with E-state index in [4.69, 9.17) is 4.74 Å². The van der Waals surface area contributed by atoms with Crippen LogP contribution in [0.4, 0.5) is 17.6 Å². The number of ether oxygens (including phenoxy) is 2. The Hall–Kier alpha value is -2.57. The number of hydrogen-bond donors (Lipinski definition) is 0. The molecular weight excluding hydrogens is 304 g/mol. The molecule has 0 aliphatic heterocycles. The average molecular weight is 314 g/mol. The van der Waals surface area contributed by atoms with Crippen molar-refractivity contribution in [3.63, 3.8) is 0 Å². The van der Waals surface area contributed by atoms with E-state index in [1.165, 1.54) is 36.4 Å². The zero-order valence-corrected chi connectivity index (χ0v) is 11.1. The lowest BCUT2D eigenvalue weighted by Crippen LogP contribution is -2.11. The molecule has 0 saturated heterocycles. The predicted molar refractivity (Wildman–Crippen MR) is 68.6 cm³/mol. The van der Waals surface area contributed by atoms with Gasteiger partial charge in [-0.3, -0.25) is 0 Å². The van der Waals surface area contributed by atoms with Crippen molar-refractivity contribution in [1.82, 2.24) is 0 Å². The highest BCUT2D eigenvalue weighted by Crippen LogP contribution is 2.22. The molecule has 3 nitrogen and oxygen atoms in total. The Kier molecular flexibility index (Phi) is 4.98. The van der Waals surface area contributed by atoms with Crippen molar-refractivity contribution in [2.24, 2.45) is 0 Å². The van der Waals surface area contributed by atoms with Gasteiger partial charge in [0.1, 0.15) is 17.9 Å². The number of alkyl halides is 2. The zero-order valence-electron chi connectivity index (χ0n) is 11.1. The van der Waals surface area contributed by atoms with Crippen molar-refractivity contribution in [1.29, 1.82) is 0 Å². The van der Waals surface area contributed by atoms with Gasteiger partial charge in [-0.1, -0.05) is 24.3 Å². The van der Waals surface area contributed by atoms with Gasteiger partial charge < -0.3 is 9.47 Å². The topological polar surface area (TPSA) is 35.5 Å². The molecule has 0 heterocycles. The summed E-state index contributed by atoms with van der Waals surface area (Å²) in [5, 5.41) is 0. The number of carbonyl (C=O) groups is 1. The monoisotopic (exact) mass is 314 g/mol. The molecule has 0 fully saturated rings. The Bertz CT molecular complexity index is 674. The van der Waals surface area contributed by atoms with Gasteiger partial charge >= 0.3 is 12.6 Å². The summed E-state index contributed by atoms with van der Waals surface area (Å²) in [4.78, 5) is 11.9. The first kappa shape index (κ1) is 15.8. The highest BCUT2D eigenvalue weighted by Gasteiger charge is 2.17. The molecule has 0 aliphatic rings. The lowest BCUT2D eigenvalue weighted by Gasteiger charge is -2.10. The number of rotatable bonds is 5. The van der Waals surface area contributed by atoms with Crippen molar-refractivity contribution in [2.75, 3.05) is 0 Å². The minimum absolute atomic E-state index is 0.166. The Morgan fingerprint density at radius 3 is 2.50 bits per heavy atom. The van der Waals surface area contributed by atoms with Gasteiger partial charge in [0.05, 0.1) is 0 Å². The molecule has 0 aromatic heterocycles. The molecule has 2 aromatic carbocycles. The molecule has 0 amide bonds. The van der Waals surface area contributed by atoms with Gasteiger partial charge in [0, 0.05) is 5.56 Å². The summed E-state index contributed by atoms with van der Waals surface area (Å²) in [6, 6.07) is 8.65. The number of halogens is 4. The van der Waals surface area contributed by atoms with E-state index >= 15 is 0 Å².